The molecule has 166 valence electrons. The van der Waals surface area contributed by atoms with Crippen LogP contribution in [0.3, 0.4) is 0 Å². The molecule has 3 aromatic carbocycles. The molecule has 0 spiro atoms. The van der Waals surface area contributed by atoms with Crippen molar-refractivity contribution in [2.45, 2.75) is 45.1 Å². The standard InChI is InChI=1S/C29H34NO2/c1-22-16-19-28(32-29(31)24-12-5-4-6-13-24)27(21-22)26-15-8-7-11-23(26)17-18-25-14-9-10-20-30(25,2)3/h4-8,11-13,15-16,19,21,25H,9-10,14,17-18,20H2,1-3H3/q+1. The average Bonchev–Trinajstić information content (AvgIpc) is 2.80. The van der Waals surface area contributed by atoms with Gasteiger partial charge in [0.1, 0.15) is 5.75 Å². The van der Waals surface area contributed by atoms with Gasteiger partial charge in [0, 0.05) is 12.0 Å². The van der Waals surface area contributed by atoms with Crippen LogP contribution in [-0.2, 0) is 6.42 Å². The van der Waals surface area contributed by atoms with Crippen LogP contribution in [0.4, 0.5) is 0 Å². The summed E-state index contributed by atoms with van der Waals surface area (Å²) >= 11 is 0. The lowest BCUT2D eigenvalue weighted by Crippen LogP contribution is -2.51. The first-order valence-corrected chi connectivity index (χ1v) is 11.7. The third-order valence-electron chi connectivity index (χ3n) is 6.91. The van der Waals surface area contributed by atoms with Crippen LogP contribution < -0.4 is 4.74 Å². The summed E-state index contributed by atoms with van der Waals surface area (Å²) in [6.45, 7) is 3.35. The number of piperidine rings is 1. The molecule has 3 aromatic rings. The number of quaternary nitrogens is 1. The highest BCUT2D eigenvalue weighted by atomic mass is 16.5. The molecule has 4 rings (SSSR count). The van der Waals surface area contributed by atoms with Crippen LogP contribution in [0.5, 0.6) is 5.75 Å². The summed E-state index contributed by atoms with van der Waals surface area (Å²) in [5.74, 6) is 0.292. The smallest absolute Gasteiger partial charge is 0.343 e. The van der Waals surface area contributed by atoms with E-state index in [0.29, 0.717) is 17.4 Å². The topological polar surface area (TPSA) is 26.3 Å². The van der Waals surface area contributed by atoms with Crippen molar-refractivity contribution in [2.75, 3.05) is 20.6 Å². The third kappa shape index (κ3) is 5.11. The zero-order valence-corrected chi connectivity index (χ0v) is 19.5. The highest BCUT2D eigenvalue weighted by molar-refractivity contribution is 5.92. The molecular weight excluding hydrogens is 394 g/mol. The Kier molecular flexibility index (Phi) is 6.76. The molecule has 1 unspecified atom stereocenters. The molecule has 0 amide bonds. The molecule has 0 N–H and O–H groups in total. The summed E-state index contributed by atoms with van der Waals surface area (Å²) in [4.78, 5) is 12.7. The minimum Gasteiger partial charge on any atom is -0.422 e. The van der Waals surface area contributed by atoms with E-state index in [9.17, 15) is 4.79 Å². The van der Waals surface area contributed by atoms with Crippen molar-refractivity contribution in [2.24, 2.45) is 0 Å². The summed E-state index contributed by atoms with van der Waals surface area (Å²) in [5.41, 5.74) is 5.18. The van der Waals surface area contributed by atoms with E-state index in [4.69, 9.17) is 4.74 Å². The lowest BCUT2D eigenvalue weighted by atomic mass is 9.90. The van der Waals surface area contributed by atoms with Gasteiger partial charge in [0.25, 0.3) is 0 Å². The number of nitrogens with zero attached hydrogens (tertiary/aromatic N) is 1. The average molecular weight is 429 g/mol. The molecule has 0 radical (unpaired) electrons. The van der Waals surface area contributed by atoms with Crippen molar-refractivity contribution in [3.63, 3.8) is 0 Å². The highest BCUT2D eigenvalue weighted by Crippen LogP contribution is 2.35. The molecular formula is C29H34NO2+. The summed E-state index contributed by atoms with van der Waals surface area (Å²) in [6, 6.07) is 24.5. The number of aryl methyl sites for hydroxylation is 2. The lowest BCUT2D eigenvalue weighted by Gasteiger charge is -2.42. The van der Waals surface area contributed by atoms with E-state index in [-0.39, 0.29) is 5.97 Å². The summed E-state index contributed by atoms with van der Waals surface area (Å²) in [6.07, 6.45) is 6.18. The Bertz CT molecular complexity index is 1070. The first-order chi connectivity index (χ1) is 15.4. The molecule has 0 bridgehead atoms. The molecule has 1 aliphatic rings. The number of rotatable bonds is 6. The second-order valence-corrected chi connectivity index (χ2v) is 9.60. The molecule has 1 heterocycles. The largest absolute Gasteiger partial charge is 0.422 e. The SMILES string of the molecule is Cc1ccc(OC(=O)c2ccccc2)c(-c2ccccc2CCC2CCCC[N+]2(C)C)c1. The summed E-state index contributed by atoms with van der Waals surface area (Å²) in [5, 5.41) is 0. The third-order valence-corrected chi connectivity index (χ3v) is 6.91. The van der Waals surface area contributed by atoms with E-state index in [2.05, 4.69) is 51.4 Å². The quantitative estimate of drug-likeness (QED) is 0.256. The van der Waals surface area contributed by atoms with Crippen LogP contribution in [0, 0.1) is 6.92 Å². The molecule has 1 fully saturated rings. The molecule has 1 atom stereocenters. The van der Waals surface area contributed by atoms with Gasteiger partial charge in [0.05, 0.1) is 32.2 Å². The maximum atomic E-state index is 12.7. The second-order valence-electron chi connectivity index (χ2n) is 9.60. The van der Waals surface area contributed by atoms with Gasteiger partial charge < -0.3 is 9.22 Å². The van der Waals surface area contributed by atoms with Crippen LogP contribution in [-0.4, -0.2) is 37.1 Å². The maximum absolute atomic E-state index is 12.7. The van der Waals surface area contributed by atoms with Gasteiger partial charge in [-0.1, -0.05) is 54.1 Å². The van der Waals surface area contributed by atoms with Crippen molar-refractivity contribution in [1.82, 2.24) is 0 Å². The fraction of sp³-hybridized carbons (Fsp3) is 0.345. The van der Waals surface area contributed by atoms with E-state index >= 15 is 0 Å². The van der Waals surface area contributed by atoms with Crippen LogP contribution in [0.2, 0.25) is 0 Å². The molecule has 1 saturated heterocycles. The van der Waals surface area contributed by atoms with Gasteiger partial charge in [-0.25, -0.2) is 4.79 Å². The van der Waals surface area contributed by atoms with Gasteiger partial charge >= 0.3 is 5.97 Å². The van der Waals surface area contributed by atoms with E-state index in [0.717, 1.165) is 27.6 Å². The Balaban J connectivity index is 1.61. The van der Waals surface area contributed by atoms with E-state index in [1.807, 2.05) is 30.3 Å². The maximum Gasteiger partial charge on any atom is 0.343 e. The zero-order valence-electron chi connectivity index (χ0n) is 19.5. The van der Waals surface area contributed by atoms with Crippen molar-refractivity contribution in [3.05, 3.63) is 89.5 Å². The predicted molar refractivity (Wildman–Crippen MR) is 131 cm³/mol. The fourth-order valence-electron chi connectivity index (χ4n) is 4.92. The number of hydrogen-bond acceptors (Lipinski definition) is 2. The Morgan fingerprint density at radius 3 is 2.47 bits per heavy atom. The Labute approximate surface area is 192 Å². The van der Waals surface area contributed by atoms with Crippen molar-refractivity contribution in [1.29, 1.82) is 0 Å². The molecule has 3 nitrogen and oxygen atoms in total. The van der Waals surface area contributed by atoms with E-state index in [1.165, 1.54) is 37.8 Å². The zero-order chi connectivity index (χ0) is 22.6. The second kappa shape index (κ2) is 9.70. The Morgan fingerprint density at radius 2 is 1.69 bits per heavy atom. The van der Waals surface area contributed by atoms with Crippen LogP contribution in [0.25, 0.3) is 11.1 Å². The molecule has 1 aliphatic heterocycles. The van der Waals surface area contributed by atoms with Crippen LogP contribution in [0.15, 0.2) is 72.8 Å². The minimum atomic E-state index is -0.325. The molecule has 0 aliphatic carbocycles. The Morgan fingerprint density at radius 1 is 0.938 bits per heavy atom. The molecule has 0 aromatic heterocycles. The van der Waals surface area contributed by atoms with Crippen molar-refractivity contribution >= 4 is 5.97 Å². The minimum absolute atomic E-state index is 0.325. The van der Waals surface area contributed by atoms with E-state index < -0.39 is 0 Å². The molecule has 32 heavy (non-hydrogen) atoms. The number of esters is 1. The van der Waals surface area contributed by atoms with Crippen molar-refractivity contribution < 1.29 is 14.0 Å². The van der Waals surface area contributed by atoms with Gasteiger partial charge in [0.2, 0.25) is 0 Å². The highest BCUT2D eigenvalue weighted by Gasteiger charge is 2.31. The normalized spacial score (nSPS) is 17.7. The van der Waals surface area contributed by atoms with Gasteiger partial charge in [-0.2, -0.15) is 0 Å². The number of hydrogen-bond donors (Lipinski definition) is 0. The first kappa shape index (κ1) is 22.3. The molecule has 3 heteroatoms. The summed E-state index contributed by atoms with van der Waals surface area (Å²) < 4.78 is 7.00. The number of carbonyl (C=O) groups is 1. The van der Waals surface area contributed by atoms with Gasteiger partial charge in [-0.05, 0) is 68.0 Å². The van der Waals surface area contributed by atoms with Crippen LogP contribution >= 0.6 is 0 Å². The number of carbonyl (C=O) groups excluding carboxylic acids is 1. The molecule has 0 saturated carbocycles. The lowest BCUT2D eigenvalue weighted by molar-refractivity contribution is -0.920. The summed E-state index contributed by atoms with van der Waals surface area (Å²) in [7, 11) is 4.74. The van der Waals surface area contributed by atoms with Crippen molar-refractivity contribution in [3.8, 4) is 16.9 Å². The monoisotopic (exact) mass is 428 g/mol. The van der Waals surface area contributed by atoms with Gasteiger partial charge in [-0.15, -0.1) is 0 Å². The van der Waals surface area contributed by atoms with Gasteiger partial charge in [-0.3, -0.25) is 0 Å². The predicted octanol–water partition coefficient (Wildman–Crippen LogP) is 6.44. The fourth-order valence-corrected chi connectivity index (χ4v) is 4.92. The number of benzene rings is 3. The van der Waals surface area contributed by atoms with Gasteiger partial charge in [0.15, 0.2) is 0 Å². The number of ether oxygens (including phenoxy) is 1. The van der Waals surface area contributed by atoms with Crippen LogP contribution in [0.1, 0.15) is 47.2 Å². The number of likely N-dealkylation sites (tertiary alicyclic amines) is 1. The van der Waals surface area contributed by atoms with E-state index in [1.54, 1.807) is 12.1 Å². The first-order valence-electron chi connectivity index (χ1n) is 11.7. The Hall–Kier alpha value is -2.91.